The Morgan fingerprint density at radius 3 is 2.82 bits per heavy atom. The van der Waals surface area contributed by atoms with E-state index < -0.39 is 24.0 Å². The highest BCUT2D eigenvalue weighted by atomic mass is 19.3. The van der Waals surface area contributed by atoms with E-state index in [4.69, 9.17) is 0 Å². The monoisotopic (exact) mass is 312 g/mol. The number of aromatic nitrogens is 2. The molecule has 1 heterocycles. The van der Waals surface area contributed by atoms with Crippen LogP contribution in [-0.2, 0) is 11.3 Å². The summed E-state index contributed by atoms with van der Waals surface area (Å²) in [5.74, 6) is -1.23. The van der Waals surface area contributed by atoms with Crippen LogP contribution in [0.2, 0.25) is 0 Å². The molecule has 0 atom stereocenters. The number of carbonyl (C=O) groups is 1. The quantitative estimate of drug-likeness (QED) is 0.650. The minimum atomic E-state index is -3.04. The zero-order valence-corrected chi connectivity index (χ0v) is 11.0. The zero-order chi connectivity index (χ0) is 16.1. The van der Waals surface area contributed by atoms with Crippen molar-refractivity contribution in [1.29, 1.82) is 0 Å². The Morgan fingerprint density at radius 1 is 1.41 bits per heavy atom. The second kappa shape index (κ2) is 6.61. The molecule has 2 rings (SSSR count). The van der Waals surface area contributed by atoms with Crippen LogP contribution in [0.5, 0.6) is 5.75 Å². The molecule has 0 aliphatic rings. The van der Waals surface area contributed by atoms with Crippen LogP contribution in [0.1, 0.15) is 0 Å². The summed E-state index contributed by atoms with van der Waals surface area (Å²) in [7, 11) is 0. The molecule has 116 valence electrons. The summed E-state index contributed by atoms with van der Waals surface area (Å²) < 4.78 is 29.7. The van der Waals surface area contributed by atoms with Gasteiger partial charge in [-0.05, 0) is 17.1 Å². The largest absolute Gasteiger partial charge is 0.433 e. The molecule has 1 amide bonds. The third-order valence-electron chi connectivity index (χ3n) is 2.55. The van der Waals surface area contributed by atoms with Crippen molar-refractivity contribution in [1.82, 2.24) is 9.78 Å². The molecule has 0 aliphatic carbocycles. The number of carbonyl (C=O) groups excluding carboxylic acids is 1. The average molecular weight is 312 g/mol. The Balaban J connectivity index is 2.09. The predicted molar refractivity (Wildman–Crippen MR) is 70.6 cm³/mol. The molecule has 0 bridgehead atoms. The zero-order valence-electron chi connectivity index (χ0n) is 11.0. The number of halogens is 2. The molecule has 0 radical (unpaired) electrons. The van der Waals surface area contributed by atoms with Crippen molar-refractivity contribution in [2.45, 2.75) is 13.2 Å². The Kier molecular flexibility index (Phi) is 4.61. The van der Waals surface area contributed by atoms with Gasteiger partial charge in [-0.25, -0.2) is 0 Å². The van der Waals surface area contributed by atoms with Gasteiger partial charge >= 0.3 is 12.4 Å². The first-order valence-electron chi connectivity index (χ1n) is 5.97. The standard InChI is InChI=1S/C12H10F2N4O4/c13-12(14)22-9-4-2-1-3-8(9)16-10(19)7-17-11(18(20)21)5-6-15-17/h1-6,12H,7H2,(H,16,19). The van der Waals surface area contributed by atoms with Crippen molar-refractivity contribution < 1.29 is 23.2 Å². The van der Waals surface area contributed by atoms with Crippen LogP contribution in [-0.4, -0.2) is 27.2 Å². The molecule has 1 aromatic carbocycles. The van der Waals surface area contributed by atoms with E-state index in [9.17, 15) is 23.7 Å². The van der Waals surface area contributed by atoms with E-state index >= 15 is 0 Å². The number of ether oxygens (including phenoxy) is 1. The van der Waals surface area contributed by atoms with Crippen molar-refractivity contribution in [2.75, 3.05) is 5.32 Å². The maximum absolute atomic E-state index is 12.3. The first kappa shape index (κ1) is 15.4. The molecule has 22 heavy (non-hydrogen) atoms. The molecule has 1 N–H and O–H groups in total. The minimum Gasteiger partial charge on any atom is -0.433 e. The first-order chi connectivity index (χ1) is 10.5. The molecule has 1 aromatic heterocycles. The van der Waals surface area contributed by atoms with Crippen molar-refractivity contribution >= 4 is 17.4 Å². The van der Waals surface area contributed by atoms with E-state index in [-0.39, 0.29) is 17.3 Å². The third-order valence-corrected chi connectivity index (χ3v) is 2.55. The maximum Gasteiger partial charge on any atom is 0.387 e. The molecule has 8 nitrogen and oxygen atoms in total. The molecular weight excluding hydrogens is 302 g/mol. The number of benzene rings is 1. The van der Waals surface area contributed by atoms with Crippen molar-refractivity contribution in [3.05, 3.63) is 46.6 Å². The second-order valence-corrected chi connectivity index (χ2v) is 4.03. The van der Waals surface area contributed by atoms with E-state index in [0.29, 0.717) is 0 Å². The number of para-hydroxylation sites is 2. The molecule has 2 aromatic rings. The molecule has 0 fully saturated rings. The lowest BCUT2D eigenvalue weighted by molar-refractivity contribution is -0.392. The fourth-order valence-corrected chi connectivity index (χ4v) is 1.70. The highest BCUT2D eigenvalue weighted by Gasteiger charge is 2.18. The van der Waals surface area contributed by atoms with Crippen molar-refractivity contribution in [3.8, 4) is 5.75 Å². The lowest BCUT2D eigenvalue weighted by Gasteiger charge is -2.10. The van der Waals surface area contributed by atoms with Crippen molar-refractivity contribution in [2.24, 2.45) is 0 Å². The summed E-state index contributed by atoms with van der Waals surface area (Å²) in [5, 5.41) is 16.7. The van der Waals surface area contributed by atoms with Crippen LogP contribution in [0, 0.1) is 10.1 Å². The fourth-order valence-electron chi connectivity index (χ4n) is 1.70. The number of nitro groups is 1. The lowest BCUT2D eigenvalue weighted by atomic mass is 10.3. The minimum absolute atomic E-state index is 0.0302. The highest BCUT2D eigenvalue weighted by molar-refractivity contribution is 5.92. The molecule has 0 saturated carbocycles. The topological polar surface area (TPSA) is 99.3 Å². The van der Waals surface area contributed by atoms with E-state index in [0.717, 1.165) is 10.7 Å². The number of alkyl halides is 2. The lowest BCUT2D eigenvalue weighted by Crippen LogP contribution is -2.21. The van der Waals surface area contributed by atoms with E-state index in [1.807, 2.05) is 0 Å². The molecule has 10 heteroatoms. The van der Waals surface area contributed by atoms with Gasteiger partial charge in [0, 0.05) is 0 Å². The maximum atomic E-state index is 12.3. The van der Waals surface area contributed by atoms with Gasteiger partial charge in [0.25, 0.3) is 5.91 Å². The van der Waals surface area contributed by atoms with Gasteiger partial charge in [-0.1, -0.05) is 17.2 Å². The highest BCUT2D eigenvalue weighted by Crippen LogP contribution is 2.25. The van der Waals surface area contributed by atoms with Gasteiger partial charge in [0.2, 0.25) is 0 Å². The summed E-state index contributed by atoms with van der Waals surface area (Å²) >= 11 is 0. The molecule has 0 spiro atoms. The average Bonchev–Trinajstić information content (AvgIpc) is 2.88. The van der Waals surface area contributed by atoms with Crippen LogP contribution in [0.15, 0.2) is 36.5 Å². The van der Waals surface area contributed by atoms with Crippen LogP contribution >= 0.6 is 0 Å². The number of nitrogens with one attached hydrogen (secondary N) is 1. The van der Waals surface area contributed by atoms with Gasteiger partial charge in [-0.3, -0.25) is 4.79 Å². The summed E-state index contributed by atoms with van der Waals surface area (Å²) in [4.78, 5) is 21.9. The number of amides is 1. The number of hydrogen-bond acceptors (Lipinski definition) is 5. The molecule has 0 saturated heterocycles. The van der Waals surface area contributed by atoms with Gasteiger partial charge in [0.15, 0.2) is 6.54 Å². The van der Waals surface area contributed by atoms with Gasteiger partial charge in [0.05, 0.1) is 18.0 Å². The van der Waals surface area contributed by atoms with Crippen molar-refractivity contribution in [3.63, 3.8) is 0 Å². The summed E-state index contributed by atoms with van der Waals surface area (Å²) in [5.41, 5.74) is 0.0302. The molecule has 0 unspecified atom stereocenters. The number of anilines is 1. The van der Waals surface area contributed by atoms with Gasteiger partial charge in [0.1, 0.15) is 5.75 Å². The normalized spacial score (nSPS) is 10.5. The van der Waals surface area contributed by atoms with Crippen LogP contribution in [0.25, 0.3) is 0 Å². The fraction of sp³-hybridized carbons (Fsp3) is 0.167. The van der Waals surface area contributed by atoms with E-state index in [1.165, 1.54) is 30.5 Å². The molecular formula is C12H10F2N4O4. The van der Waals surface area contributed by atoms with Gasteiger partial charge in [-0.15, -0.1) is 4.68 Å². The molecule has 0 aliphatic heterocycles. The second-order valence-electron chi connectivity index (χ2n) is 4.03. The van der Waals surface area contributed by atoms with Crippen LogP contribution in [0.4, 0.5) is 20.3 Å². The number of nitrogens with zero attached hydrogens (tertiary/aromatic N) is 3. The summed E-state index contributed by atoms with van der Waals surface area (Å²) in [6.45, 7) is -3.47. The van der Waals surface area contributed by atoms with Crippen LogP contribution in [0.3, 0.4) is 0 Å². The first-order valence-corrected chi connectivity index (χ1v) is 5.97. The Hall–Kier alpha value is -3.04. The van der Waals surface area contributed by atoms with E-state index in [1.54, 1.807) is 0 Å². The third kappa shape index (κ3) is 3.75. The van der Waals surface area contributed by atoms with E-state index in [2.05, 4.69) is 15.2 Å². The van der Waals surface area contributed by atoms with Crippen LogP contribution < -0.4 is 10.1 Å². The smallest absolute Gasteiger partial charge is 0.387 e. The Labute approximate surface area is 122 Å². The van der Waals surface area contributed by atoms with Gasteiger partial charge in [-0.2, -0.15) is 8.78 Å². The Morgan fingerprint density at radius 2 is 2.14 bits per heavy atom. The number of hydrogen-bond donors (Lipinski definition) is 1. The SMILES string of the molecule is O=C(Cn1nccc1[N+](=O)[O-])Nc1ccccc1OC(F)F. The van der Waals surface area contributed by atoms with Gasteiger partial charge < -0.3 is 20.2 Å². The predicted octanol–water partition coefficient (Wildman–Crippen LogP) is 2.03. The Bertz CT molecular complexity index is 689. The summed E-state index contributed by atoms with van der Waals surface area (Å²) in [6, 6.07) is 6.75. The number of rotatable bonds is 6. The summed E-state index contributed by atoms with van der Waals surface area (Å²) in [6.07, 6.45) is 1.18.